The second-order valence-corrected chi connectivity index (χ2v) is 22.3. The predicted molar refractivity (Wildman–Crippen MR) is 271 cm³/mol. The number of carbonyl (C=O) groups excluding carboxylic acids is 6. The average Bonchev–Trinajstić information content (AvgIpc) is 3.37. The smallest absolute Gasteiger partial charge is 0.330 e. The minimum absolute atomic E-state index is 0.0334. The van der Waals surface area contributed by atoms with Crippen molar-refractivity contribution in [1.82, 2.24) is 9.96 Å². The Morgan fingerprint density at radius 2 is 1.55 bits per heavy atom. The highest BCUT2D eigenvalue weighted by molar-refractivity contribution is 6.39. The number of ketones is 3. The number of piperidine rings is 1. The molecule has 1 aliphatic carbocycles. The molecule has 17 heteroatoms. The molecule has 414 valence electrons. The van der Waals surface area contributed by atoms with Crippen molar-refractivity contribution in [3.63, 3.8) is 0 Å². The van der Waals surface area contributed by atoms with Crippen LogP contribution in [-0.4, -0.2) is 158 Å². The van der Waals surface area contributed by atoms with Crippen LogP contribution < -0.4 is 0 Å². The summed E-state index contributed by atoms with van der Waals surface area (Å²) in [6.45, 7) is 14.9. The fourth-order valence-corrected chi connectivity index (χ4v) is 11.8. The number of fused-ring (bicyclic) bond motifs is 3. The van der Waals surface area contributed by atoms with Crippen molar-refractivity contribution in [2.45, 2.75) is 200 Å². The fraction of sp³-hybridized carbons (Fsp3) is 0.821. The number of allylic oxidation sites excluding steroid dienone is 2. The lowest BCUT2D eigenvalue weighted by atomic mass is 9.75. The third-order valence-corrected chi connectivity index (χ3v) is 16.6. The van der Waals surface area contributed by atoms with Crippen LogP contribution in [0.1, 0.15) is 151 Å². The number of hydrogen-bond acceptors (Lipinski definition) is 16. The Kier molecular flexibility index (Phi) is 23.7. The fourth-order valence-electron chi connectivity index (χ4n) is 11.8. The van der Waals surface area contributed by atoms with Crippen LogP contribution in [0.4, 0.5) is 0 Å². The van der Waals surface area contributed by atoms with Crippen molar-refractivity contribution < 1.29 is 72.2 Å². The summed E-state index contributed by atoms with van der Waals surface area (Å²) in [6.07, 6.45) is 7.83. The second kappa shape index (κ2) is 28.6. The average molecular weight is 1030 g/mol. The van der Waals surface area contributed by atoms with E-state index in [0.29, 0.717) is 96.1 Å². The first-order valence-corrected chi connectivity index (χ1v) is 27.4. The summed E-state index contributed by atoms with van der Waals surface area (Å²) in [5.41, 5.74) is 1.39. The zero-order chi connectivity index (χ0) is 53.6. The first-order valence-electron chi connectivity index (χ1n) is 27.4. The van der Waals surface area contributed by atoms with E-state index in [0.717, 1.165) is 31.3 Å². The molecule has 5 rings (SSSR count). The predicted octanol–water partition coefficient (Wildman–Crippen LogP) is 6.67. The van der Waals surface area contributed by atoms with E-state index in [-0.39, 0.29) is 60.8 Å². The molecule has 0 aromatic carbocycles. The van der Waals surface area contributed by atoms with Gasteiger partial charge in [0.2, 0.25) is 5.79 Å². The van der Waals surface area contributed by atoms with Crippen LogP contribution in [0.2, 0.25) is 0 Å². The van der Waals surface area contributed by atoms with E-state index in [1.807, 2.05) is 20.8 Å². The number of methoxy groups -OCH3 is 3. The van der Waals surface area contributed by atoms with Crippen molar-refractivity contribution >= 4 is 35.2 Å². The van der Waals surface area contributed by atoms with Crippen molar-refractivity contribution in [1.29, 1.82) is 0 Å². The molecule has 0 spiro atoms. The van der Waals surface area contributed by atoms with Gasteiger partial charge >= 0.3 is 11.9 Å². The van der Waals surface area contributed by atoms with Crippen LogP contribution in [-0.2, 0) is 62.0 Å². The summed E-state index contributed by atoms with van der Waals surface area (Å²) >= 11 is 0. The van der Waals surface area contributed by atoms with Crippen LogP contribution in [0, 0.1) is 41.4 Å². The standard InChI is InChI=1S/C56H90N2O15/c1-34-16-12-11-13-17-35(2)46(67-8)32-42-21-19-40(7)56(66,72-42)52(62)53(63)58-23-15-14-18-44(58)55(65)71-47(33-45(59)36(3)29-39(6)50(61)51(69-10)49(60)38(5)28-34)37(4)30-41-20-22-43(48(31-41)68-9)54(64)73-57-24-26-70-27-25-57/h17,29,34,36-38,40-44,46-48,50-51,61,66H,11-16,18-28,30-33H2,1-10H3/b35-17+,39-29+/t34-,36-,37-,38-,40-,41+,42+,43-,44+,46+,47+,48-,50-,51+,56-/m1/s1. The summed E-state index contributed by atoms with van der Waals surface area (Å²) < 4.78 is 35.4. The molecule has 0 aromatic rings. The van der Waals surface area contributed by atoms with Crippen LogP contribution in [0.15, 0.2) is 23.3 Å². The van der Waals surface area contributed by atoms with Gasteiger partial charge in [-0.15, -0.1) is 5.06 Å². The normalized spacial score (nSPS) is 38.3. The number of hydroxylamine groups is 2. The molecular weight excluding hydrogens is 941 g/mol. The SMILES string of the molecule is CO[C@H]1C[C@@H]2CC[C@@H](C)[C@@](O)(O2)C(=O)C(=O)N2CCCC[C@H]2C(=O)O[C@H]([C@H](C)C[C@@H]2CC[C@@H](C(=O)ON3CCOCC3)[C@H](OC)C2)CC(=O)[C@H](C)/C=C(\C)[C@@H](O)[C@@H](OC)C(=O)[C@H](C)C[C@H](C)CCCC/C=C/1C. The number of carbonyl (C=O) groups is 6. The van der Waals surface area contributed by atoms with Crippen molar-refractivity contribution in [3.8, 4) is 0 Å². The van der Waals surface area contributed by atoms with E-state index in [2.05, 4.69) is 13.0 Å². The number of amides is 1. The van der Waals surface area contributed by atoms with Crippen molar-refractivity contribution in [3.05, 3.63) is 23.3 Å². The molecule has 1 amide bonds. The number of rotatable bonds is 8. The monoisotopic (exact) mass is 1030 g/mol. The Morgan fingerprint density at radius 1 is 0.836 bits per heavy atom. The van der Waals surface area contributed by atoms with Gasteiger partial charge in [0.15, 0.2) is 5.78 Å². The third kappa shape index (κ3) is 16.3. The molecule has 0 unspecified atom stereocenters. The van der Waals surface area contributed by atoms with Gasteiger partial charge in [-0.1, -0.05) is 59.6 Å². The third-order valence-electron chi connectivity index (χ3n) is 16.6. The van der Waals surface area contributed by atoms with Gasteiger partial charge in [0, 0.05) is 58.5 Å². The van der Waals surface area contributed by atoms with Crippen LogP contribution >= 0.6 is 0 Å². The summed E-state index contributed by atoms with van der Waals surface area (Å²) in [5.74, 6) is -8.64. The zero-order valence-corrected chi connectivity index (χ0v) is 45.7. The van der Waals surface area contributed by atoms with Gasteiger partial charge in [-0.05, 0) is 120 Å². The first-order chi connectivity index (χ1) is 34.7. The summed E-state index contributed by atoms with van der Waals surface area (Å²) in [4.78, 5) is 91.7. The Hall–Kier alpha value is -3.42. The number of Topliss-reactive ketones (excluding diaryl/α,β-unsaturated/α-hetero) is 3. The number of nitrogens with zero attached hydrogens (tertiary/aromatic N) is 2. The summed E-state index contributed by atoms with van der Waals surface area (Å²) in [7, 11) is 4.59. The topological polar surface area (TPSA) is 214 Å². The van der Waals surface area contributed by atoms with Gasteiger partial charge in [0.25, 0.3) is 11.7 Å². The van der Waals surface area contributed by atoms with E-state index in [4.69, 9.17) is 33.3 Å². The van der Waals surface area contributed by atoms with Gasteiger partial charge in [0.05, 0.1) is 50.5 Å². The minimum Gasteiger partial charge on any atom is -0.460 e. The molecule has 2 N–H and O–H groups in total. The number of aliphatic hydroxyl groups excluding tert-OH is 1. The Balaban J connectivity index is 1.42. The molecule has 17 nitrogen and oxygen atoms in total. The molecule has 4 aliphatic heterocycles. The largest absolute Gasteiger partial charge is 0.460 e. The lowest BCUT2D eigenvalue weighted by Crippen LogP contribution is -2.61. The number of ether oxygens (including phenoxy) is 6. The first kappa shape index (κ1) is 60.4. The molecule has 0 radical (unpaired) electrons. The molecule has 15 atom stereocenters. The van der Waals surface area contributed by atoms with Crippen LogP contribution in [0.5, 0.6) is 0 Å². The van der Waals surface area contributed by atoms with E-state index in [1.54, 1.807) is 46.1 Å². The van der Waals surface area contributed by atoms with Gasteiger partial charge in [-0.25, -0.2) is 9.59 Å². The van der Waals surface area contributed by atoms with Crippen molar-refractivity contribution in [2.24, 2.45) is 41.4 Å². The molecule has 0 aromatic heterocycles. The molecule has 73 heavy (non-hydrogen) atoms. The van der Waals surface area contributed by atoms with Gasteiger partial charge in [0.1, 0.15) is 30.1 Å². The maximum absolute atomic E-state index is 14.6. The highest BCUT2D eigenvalue weighted by Gasteiger charge is 2.53. The highest BCUT2D eigenvalue weighted by Crippen LogP contribution is 2.39. The maximum atomic E-state index is 14.6. The van der Waals surface area contributed by atoms with E-state index < -0.39 is 83.7 Å². The van der Waals surface area contributed by atoms with Gasteiger partial charge in [-0.2, -0.15) is 0 Å². The highest BCUT2D eigenvalue weighted by atomic mass is 16.7. The van der Waals surface area contributed by atoms with Crippen LogP contribution in [0.3, 0.4) is 0 Å². The number of aliphatic hydroxyl groups is 2. The maximum Gasteiger partial charge on any atom is 0.330 e. The van der Waals surface area contributed by atoms with Crippen molar-refractivity contribution in [2.75, 3.05) is 54.2 Å². The lowest BCUT2D eigenvalue weighted by Gasteiger charge is -2.42. The Morgan fingerprint density at radius 3 is 2.23 bits per heavy atom. The van der Waals surface area contributed by atoms with Gasteiger partial charge < -0.3 is 48.4 Å². The van der Waals surface area contributed by atoms with E-state index >= 15 is 0 Å². The second-order valence-electron chi connectivity index (χ2n) is 22.3. The Labute approximate surface area is 434 Å². The molecule has 5 aliphatic rings. The van der Waals surface area contributed by atoms with E-state index in [9.17, 15) is 39.0 Å². The van der Waals surface area contributed by atoms with Crippen LogP contribution in [0.25, 0.3) is 0 Å². The summed E-state index contributed by atoms with van der Waals surface area (Å²) in [6, 6.07) is -1.16. The molecule has 1 saturated carbocycles. The summed E-state index contributed by atoms with van der Waals surface area (Å²) in [5, 5.41) is 25.2. The molecule has 4 heterocycles. The van der Waals surface area contributed by atoms with E-state index in [1.165, 1.54) is 12.0 Å². The lowest BCUT2D eigenvalue weighted by molar-refractivity contribution is -0.265. The molecular formula is C56H90N2O15. The van der Waals surface area contributed by atoms with Gasteiger partial charge in [-0.3, -0.25) is 19.2 Å². The Bertz CT molecular complexity index is 1920. The minimum atomic E-state index is -2.43. The number of esters is 1. The zero-order valence-electron chi connectivity index (χ0n) is 45.7. The number of cyclic esters (lactones) is 1. The molecule has 2 bridgehead atoms. The quantitative estimate of drug-likeness (QED) is 0.148. The number of morpholine rings is 1. The number of hydrogen-bond donors (Lipinski definition) is 2. The molecule has 4 fully saturated rings. The molecule has 3 saturated heterocycles.